The molecule has 1 amide bonds. The minimum Gasteiger partial charge on any atom is -0.353 e. The third-order valence-corrected chi connectivity index (χ3v) is 5.18. The van der Waals surface area contributed by atoms with Gasteiger partial charge < -0.3 is 11.1 Å². The van der Waals surface area contributed by atoms with E-state index in [1.807, 2.05) is 0 Å². The molecule has 2 aliphatic carbocycles. The van der Waals surface area contributed by atoms with Gasteiger partial charge in [0.15, 0.2) is 0 Å². The van der Waals surface area contributed by atoms with Crippen LogP contribution in [0.2, 0.25) is 0 Å². The van der Waals surface area contributed by atoms with Crippen LogP contribution in [-0.4, -0.2) is 18.5 Å². The molecule has 4 atom stereocenters. The normalized spacial score (nSPS) is 36.5. The summed E-state index contributed by atoms with van der Waals surface area (Å²) in [6.07, 6.45) is 10.8. The van der Waals surface area contributed by atoms with Crippen molar-refractivity contribution < 1.29 is 4.79 Å². The molecular formula is C16H30N2O. The van der Waals surface area contributed by atoms with Gasteiger partial charge in [0.1, 0.15) is 0 Å². The van der Waals surface area contributed by atoms with Gasteiger partial charge in [-0.15, -0.1) is 0 Å². The number of rotatable bonds is 3. The van der Waals surface area contributed by atoms with Crippen LogP contribution in [0.25, 0.3) is 0 Å². The first-order chi connectivity index (χ1) is 9.20. The SMILES string of the molecule is CC1CCCCCC1NC(=O)C1CCCC(CN)C1. The van der Waals surface area contributed by atoms with Gasteiger partial charge in [0.25, 0.3) is 0 Å². The highest BCUT2D eigenvalue weighted by Gasteiger charge is 2.29. The highest BCUT2D eigenvalue weighted by atomic mass is 16.1. The van der Waals surface area contributed by atoms with Crippen molar-refractivity contribution in [2.75, 3.05) is 6.54 Å². The molecule has 2 fully saturated rings. The second-order valence-electron chi connectivity index (χ2n) is 6.70. The molecule has 0 aromatic heterocycles. The van der Waals surface area contributed by atoms with Gasteiger partial charge in [-0.1, -0.05) is 32.6 Å². The Bertz CT molecular complexity index is 292. The molecule has 3 N–H and O–H groups in total. The molecule has 0 bridgehead atoms. The highest BCUT2D eigenvalue weighted by molar-refractivity contribution is 5.79. The maximum atomic E-state index is 12.4. The molecule has 110 valence electrons. The Morgan fingerprint density at radius 3 is 2.68 bits per heavy atom. The molecule has 0 aliphatic heterocycles. The zero-order valence-electron chi connectivity index (χ0n) is 12.4. The summed E-state index contributed by atoms with van der Waals surface area (Å²) >= 11 is 0. The molecule has 4 unspecified atom stereocenters. The minimum absolute atomic E-state index is 0.220. The third-order valence-electron chi connectivity index (χ3n) is 5.18. The molecule has 0 heterocycles. The largest absolute Gasteiger partial charge is 0.353 e. The van der Waals surface area contributed by atoms with E-state index in [4.69, 9.17) is 5.73 Å². The van der Waals surface area contributed by atoms with Crippen LogP contribution >= 0.6 is 0 Å². The van der Waals surface area contributed by atoms with E-state index in [0.29, 0.717) is 23.8 Å². The fourth-order valence-electron chi connectivity index (χ4n) is 3.75. The van der Waals surface area contributed by atoms with E-state index in [2.05, 4.69) is 12.2 Å². The van der Waals surface area contributed by atoms with Crippen LogP contribution in [0.1, 0.15) is 64.7 Å². The number of amides is 1. The summed E-state index contributed by atoms with van der Waals surface area (Å²) in [7, 11) is 0. The van der Waals surface area contributed by atoms with Crippen molar-refractivity contribution >= 4 is 5.91 Å². The Morgan fingerprint density at radius 2 is 1.89 bits per heavy atom. The Balaban J connectivity index is 1.85. The monoisotopic (exact) mass is 266 g/mol. The summed E-state index contributed by atoms with van der Waals surface area (Å²) in [5, 5.41) is 3.34. The van der Waals surface area contributed by atoms with Crippen LogP contribution in [0.5, 0.6) is 0 Å². The predicted octanol–water partition coefficient (Wildman–Crippen LogP) is 2.84. The molecule has 2 rings (SSSR count). The zero-order chi connectivity index (χ0) is 13.7. The van der Waals surface area contributed by atoms with Gasteiger partial charge in [-0.05, 0) is 50.5 Å². The van der Waals surface area contributed by atoms with Crippen molar-refractivity contribution in [3.8, 4) is 0 Å². The van der Waals surface area contributed by atoms with E-state index < -0.39 is 0 Å². The smallest absolute Gasteiger partial charge is 0.223 e. The number of nitrogens with two attached hydrogens (primary N) is 1. The molecule has 0 aromatic rings. The average molecular weight is 266 g/mol. The molecular weight excluding hydrogens is 236 g/mol. The minimum atomic E-state index is 0.220. The van der Waals surface area contributed by atoms with Gasteiger partial charge in [0.2, 0.25) is 5.91 Å². The summed E-state index contributed by atoms with van der Waals surface area (Å²) in [4.78, 5) is 12.4. The van der Waals surface area contributed by atoms with E-state index in [-0.39, 0.29) is 5.92 Å². The molecule has 0 spiro atoms. The fourth-order valence-corrected chi connectivity index (χ4v) is 3.75. The second kappa shape index (κ2) is 7.28. The number of carbonyl (C=O) groups excluding carboxylic acids is 1. The molecule has 2 saturated carbocycles. The molecule has 0 saturated heterocycles. The van der Waals surface area contributed by atoms with Gasteiger partial charge in [0.05, 0.1) is 0 Å². The molecule has 19 heavy (non-hydrogen) atoms. The number of hydrogen-bond acceptors (Lipinski definition) is 2. The average Bonchev–Trinajstić information content (AvgIpc) is 2.64. The van der Waals surface area contributed by atoms with E-state index in [0.717, 1.165) is 19.4 Å². The standard InChI is InChI=1S/C16H30N2O/c1-12-6-3-2-4-9-15(12)18-16(19)14-8-5-7-13(10-14)11-17/h12-15H,2-11,17H2,1H3,(H,18,19). The van der Waals surface area contributed by atoms with Crippen LogP contribution in [0.3, 0.4) is 0 Å². The maximum Gasteiger partial charge on any atom is 0.223 e. The van der Waals surface area contributed by atoms with E-state index in [1.54, 1.807) is 0 Å². The van der Waals surface area contributed by atoms with Crippen molar-refractivity contribution in [1.29, 1.82) is 0 Å². The van der Waals surface area contributed by atoms with Gasteiger partial charge in [0, 0.05) is 12.0 Å². The van der Waals surface area contributed by atoms with Crippen LogP contribution in [0.15, 0.2) is 0 Å². The summed E-state index contributed by atoms with van der Waals surface area (Å²) in [5.74, 6) is 1.73. The number of carbonyl (C=O) groups is 1. The summed E-state index contributed by atoms with van der Waals surface area (Å²) in [6, 6.07) is 0.410. The lowest BCUT2D eigenvalue weighted by Crippen LogP contribution is -2.43. The lowest BCUT2D eigenvalue weighted by atomic mass is 9.80. The molecule has 0 aromatic carbocycles. The van der Waals surface area contributed by atoms with Gasteiger partial charge >= 0.3 is 0 Å². The maximum absolute atomic E-state index is 12.4. The molecule has 0 radical (unpaired) electrons. The van der Waals surface area contributed by atoms with Gasteiger partial charge in [-0.3, -0.25) is 4.79 Å². The lowest BCUT2D eigenvalue weighted by Gasteiger charge is -2.30. The van der Waals surface area contributed by atoms with Crippen LogP contribution < -0.4 is 11.1 Å². The Hall–Kier alpha value is -0.570. The van der Waals surface area contributed by atoms with Crippen molar-refractivity contribution in [2.45, 2.75) is 70.8 Å². The summed E-state index contributed by atoms with van der Waals surface area (Å²) in [5.41, 5.74) is 5.76. The van der Waals surface area contributed by atoms with Crippen LogP contribution in [0.4, 0.5) is 0 Å². The number of hydrogen-bond donors (Lipinski definition) is 2. The first kappa shape index (κ1) is 14.8. The third kappa shape index (κ3) is 4.20. The van der Waals surface area contributed by atoms with Crippen molar-refractivity contribution in [3.05, 3.63) is 0 Å². The fraction of sp³-hybridized carbons (Fsp3) is 0.938. The Kier molecular flexibility index (Phi) is 5.68. The first-order valence-corrected chi connectivity index (χ1v) is 8.21. The Morgan fingerprint density at radius 1 is 1.11 bits per heavy atom. The quantitative estimate of drug-likeness (QED) is 0.772. The first-order valence-electron chi connectivity index (χ1n) is 8.21. The topological polar surface area (TPSA) is 55.1 Å². The van der Waals surface area contributed by atoms with Crippen molar-refractivity contribution in [2.24, 2.45) is 23.5 Å². The second-order valence-corrected chi connectivity index (χ2v) is 6.70. The summed E-state index contributed by atoms with van der Waals surface area (Å²) < 4.78 is 0. The van der Waals surface area contributed by atoms with Crippen LogP contribution in [-0.2, 0) is 4.79 Å². The molecule has 3 heteroatoms. The van der Waals surface area contributed by atoms with Crippen molar-refractivity contribution in [3.63, 3.8) is 0 Å². The van der Waals surface area contributed by atoms with Gasteiger partial charge in [-0.25, -0.2) is 0 Å². The predicted molar refractivity (Wildman–Crippen MR) is 78.7 cm³/mol. The van der Waals surface area contributed by atoms with E-state index in [9.17, 15) is 4.79 Å². The van der Waals surface area contributed by atoms with Crippen LogP contribution in [0, 0.1) is 17.8 Å². The molecule has 2 aliphatic rings. The number of nitrogens with one attached hydrogen (secondary N) is 1. The zero-order valence-corrected chi connectivity index (χ0v) is 12.4. The summed E-state index contributed by atoms with van der Waals surface area (Å²) in [6.45, 7) is 3.03. The van der Waals surface area contributed by atoms with Crippen molar-refractivity contribution in [1.82, 2.24) is 5.32 Å². The highest BCUT2D eigenvalue weighted by Crippen LogP contribution is 2.29. The van der Waals surface area contributed by atoms with Gasteiger partial charge in [-0.2, -0.15) is 0 Å². The lowest BCUT2D eigenvalue weighted by molar-refractivity contribution is -0.127. The Labute approximate surface area is 117 Å². The molecule has 3 nitrogen and oxygen atoms in total. The van der Waals surface area contributed by atoms with E-state index in [1.165, 1.54) is 44.9 Å². The van der Waals surface area contributed by atoms with E-state index >= 15 is 0 Å².